The molecule has 2 aliphatic rings. The van der Waals surface area contributed by atoms with Crippen molar-refractivity contribution in [2.45, 2.75) is 39.2 Å². The Balaban J connectivity index is 1.64. The molecule has 0 spiro atoms. The van der Waals surface area contributed by atoms with Crippen molar-refractivity contribution in [1.82, 2.24) is 4.90 Å². The Morgan fingerprint density at radius 1 is 1.32 bits per heavy atom. The van der Waals surface area contributed by atoms with Gasteiger partial charge < -0.3 is 10.0 Å². The fourth-order valence-corrected chi connectivity index (χ4v) is 3.55. The zero-order chi connectivity index (χ0) is 15.9. The number of amides is 1. The molecule has 118 valence electrons. The quantitative estimate of drug-likeness (QED) is 0.934. The minimum absolute atomic E-state index is 0.0292. The molecule has 1 heterocycles. The second-order valence-corrected chi connectivity index (χ2v) is 6.50. The van der Waals surface area contributed by atoms with Crippen molar-refractivity contribution in [2.75, 3.05) is 6.54 Å². The van der Waals surface area contributed by atoms with Crippen molar-refractivity contribution in [3.05, 3.63) is 34.6 Å². The van der Waals surface area contributed by atoms with Crippen LogP contribution in [0.4, 0.5) is 4.39 Å². The van der Waals surface area contributed by atoms with Crippen LogP contribution in [-0.4, -0.2) is 28.4 Å². The maximum atomic E-state index is 13.6. The molecule has 0 bridgehead atoms. The van der Waals surface area contributed by atoms with Gasteiger partial charge in [-0.15, -0.1) is 0 Å². The van der Waals surface area contributed by atoms with Crippen LogP contribution in [0.25, 0.3) is 0 Å². The van der Waals surface area contributed by atoms with Gasteiger partial charge in [-0.1, -0.05) is 0 Å². The van der Waals surface area contributed by atoms with Crippen LogP contribution in [0.15, 0.2) is 12.1 Å². The van der Waals surface area contributed by atoms with Crippen molar-refractivity contribution in [3.63, 3.8) is 0 Å². The van der Waals surface area contributed by atoms with Gasteiger partial charge in [0.25, 0.3) is 5.91 Å². The molecule has 5 heteroatoms. The Hall–Kier alpha value is -1.91. The molecule has 1 saturated carbocycles. The molecule has 3 rings (SSSR count). The van der Waals surface area contributed by atoms with E-state index in [1.165, 1.54) is 6.07 Å². The van der Waals surface area contributed by atoms with Crippen LogP contribution in [0, 0.1) is 24.6 Å². The highest BCUT2D eigenvalue weighted by Crippen LogP contribution is 2.32. The van der Waals surface area contributed by atoms with Gasteiger partial charge >= 0.3 is 5.97 Å². The number of halogens is 1. The molecule has 1 fully saturated rings. The molecule has 0 atom stereocenters. The molecular weight excluding hydrogens is 285 g/mol. The summed E-state index contributed by atoms with van der Waals surface area (Å²) < 4.78 is 13.6. The van der Waals surface area contributed by atoms with Crippen LogP contribution in [0.5, 0.6) is 0 Å². The maximum Gasteiger partial charge on any atom is 0.306 e. The lowest BCUT2D eigenvalue weighted by Crippen LogP contribution is -2.32. The van der Waals surface area contributed by atoms with Gasteiger partial charge in [-0.25, -0.2) is 4.39 Å². The smallest absolute Gasteiger partial charge is 0.306 e. The van der Waals surface area contributed by atoms with E-state index < -0.39 is 5.97 Å². The van der Waals surface area contributed by atoms with E-state index in [0.29, 0.717) is 43.0 Å². The fraction of sp³-hybridized carbons (Fsp3) is 0.529. The first-order valence-electron chi connectivity index (χ1n) is 7.77. The standard InChI is InChI=1S/C17H20FNO3/c1-10-6-14-13(7-15(10)18)9-19(16(14)20)8-11-2-4-12(5-3-11)17(21)22/h6-7,11-12H,2-5,8-9H2,1H3,(H,21,22). The highest BCUT2D eigenvalue weighted by Gasteiger charge is 2.32. The van der Waals surface area contributed by atoms with E-state index in [1.54, 1.807) is 17.9 Å². The number of benzene rings is 1. The van der Waals surface area contributed by atoms with Crippen LogP contribution in [0.2, 0.25) is 0 Å². The number of aliphatic carboxylic acids is 1. The van der Waals surface area contributed by atoms with Crippen molar-refractivity contribution < 1.29 is 19.1 Å². The number of hydrogen-bond acceptors (Lipinski definition) is 2. The highest BCUT2D eigenvalue weighted by atomic mass is 19.1. The minimum atomic E-state index is -0.714. The molecule has 1 aliphatic heterocycles. The van der Waals surface area contributed by atoms with Gasteiger partial charge in [0, 0.05) is 18.7 Å². The molecule has 1 aliphatic carbocycles. The van der Waals surface area contributed by atoms with Crippen LogP contribution in [0.1, 0.15) is 47.2 Å². The van der Waals surface area contributed by atoms with Crippen LogP contribution in [0.3, 0.4) is 0 Å². The lowest BCUT2D eigenvalue weighted by atomic mass is 9.82. The first-order chi connectivity index (χ1) is 10.5. The first-order valence-corrected chi connectivity index (χ1v) is 7.77. The Morgan fingerprint density at radius 2 is 2.00 bits per heavy atom. The van der Waals surface area contributed by atoms with E-state index in [-0.39, 0.29) is 17.6 Å². The largest absolute Gasteiger partial charge is 0.481 e. The fourth-order valence-electron chi connectivity index (χ4n) is 3.55. The first kappa shape index (κ1) is 15.0. The van der Waals surface area contributed by atoms with Gasteiger partial charge in [0.1, 0.15) is 5.82 Å². The van der Waals surface area contributed by atoms with Gasteiger partial charge in [0.2, 0.25) is 0 Å². The third-order valence-corrected chi connectivity index (χ3v) is 4.94. The number of carbonyl (C=O) groups excluding carboxylic acids is 1. The number of carbonyl (C=O) groups is 2. The predicted octanol–water partition coefficient (Wildman–Crippen LogP) is 2.98. The van der Waals surface area contributed by atoms with Crippen LogP contribution >= 0.6 is 0 Å². The number of carboxylic acids is 1. The minimum Gasteiger partial charge on any atom is -0.481 e. The Kier molecular flexibility index (Phi) is 3.89. The summed E-state index contributed by atoms with van der Waals surface area (Å²) in [5.41, 5.74) is 1.86. The summed E-state index contributed by atoms with van der Waals surface area (Å²) in [7, 11) is 0. The number of hydrogen-bond donors (Lipinski definition) is 1. The number of rotatable bonds is 3. The van der Waals surface area contributed by atoms with E-state index >= 15 is 0 Å². The summed E-state index contributed by atoms with van der Waals surface area (Å²) in [5.74, 6) is -0.901. The molecule has 1 amide bonds. The summed E-state index contributed by atoms with van der Waals surface area (Å²) in [6.45, 7) is 2.77. The van der Waals surface area contributed by atoms with E-state index in [2.05, 4.69) is 0 Å². The normalized spacial score (nSPS) is 24.5. The van der Waals surface area contributed by atoms with Crippen molar-refractivity contribution in [3.8, 4) is 0 Å². The van der Waals surface area contributed by atoms with E-state index in [9.17, 15) is 14.0 Å². The second kappa shape index (κ2) is 5.71. The maximum absolute atomic E-state index is 13.6. The molecule has 1 aromatic rings. The number of nitrogens with zero attached hydrogens (tertiary/aromatic N) is 1. The molecular formula is C17H20FNO3. The molecule has 22 heavy (non-hydrogen) atoms. The zero-order valence-electron chi connectivity index (χ0n) is 12.6. The third kappa shape index (κ3) is 2.72. The summed E-state index contributed by atoms with van der Waals surface area (Å²) in [5, 5.41) is 9.02. The monoisotopic (exact) mass is 305 g/mol. The SMILES string of the molecule is Cc1cc2c(cc1F)CN(CC1CCC(C(=O)O)CC1)C2=O. The molecule has 0 saturated heterocycles. The van der Waals surface area contributed by atoms with Crippen molar-refractivity contribution in [2.24, 2.45) is 11.8 Å². The molecule has 0 unspecified atom stereocenters. The summed E-state index contributed by atoms with van der Waals surface area (Å²) in [6.07, 6.45) is 3.04. The van der Waals surface area contributed by atoms with Gasteiger partial charge in [0.05, 0.1) is 5.92 Å². The lowest BCUT2D eigenvalue weighted by Gasteiger charge is -2.29. The molecule has 1 aromatic carbocycles. The Labute approximate surface area is 128 Å². The van der Waals surface area contributed by atoms with Gasteiger partial charge in [-0.2, -0.15) is 0 Å². The van der Waals surface area contributed by atoms with Gasteiger partial charge in [-0.05, 0) is 61.8 Å². The summed E-state index contributed by atoms with van der Waals surface area (Å²) in [4.78, 5) is 25.2. The van der Waals surface area contributed by atoms with Crippen molar-refractivity contribution >= 4 is 11.9 Å². The molecule has 1 N–H and O–H groups in total. The number of aryl methyl sites for hydroxylation is 1. The van der Waals surface area contributed by atoms with Crippen LogP contribution in [-0.2, 0) is 11.3 Å². The average molecular weight is 305 g/mol. The second-order valence-electron chi connectivity index (χ2n) is 6.50. The van der Waals surface area contributed by atoms with Gasteiger partial charge in [0.15, 0.2) is 0 Å². The topological polar surface area (TPSA) is 57.6 Å². The Bertz CT molecular complexity index is 621. The van der Waals surface area contributed by atoms with Crippen LogP contribution < -0.4 is 0 Å². The molecule has 4 nitrogen and oxygen atoms in total. The van der Waals surface area contributed by atoms with E-state index in [4.69, 9.17) is 5.11 Å². The lowest BCUT2D eigenvalue weighted by molar-refractivity contribution is -0.143. The predicted molar refractivity (Wildman–Crippen MR) is 79.0 cm³/mol. The van der Waals surface area contributed by atoms with E-state index in [0.717, 1.165) is 18.4 Å². The highest BCUT2D eigenvalue weighted by molar-refractivity contribution is 5.98. The summed E-state index contributed by atoms with van der Waals surface area (Å²) in [6, 6.07) is 3.10. The molecule has 0 radical (unpaired) electrons. The third-order valence-electron chi connectivity index (χ3n) is 4.94. The van der Waals surface area contributed by atoms with E-state index in [1.807, 2.05) is 0 Å². The van der Waals surface area contributed by atoms with Crippen molar-refractivity contribution in [1.29, 1.82) is 0 Å². The average Bonchev–Trinajstić information content (AvgIpc) is 2.77. The number of carboxylic acid groups (broad SMARTS) is 1. The Morgan fingerprint density at radius 3 is 2.64 bits per heavy atom. The summed E-state index contributed by atoms with van der Waals surface area (Å²) >= 11 is 0. The van der Waals surface area contributed by atoms with Gasteiger partial charge in [-0.3, -0.25) is 9.59 Å². The molecule has 0 aromatic heterocycles. The number of fused-ring (bicyclic) bond motifs is 1. The zero-order valence-corrected chi connectivity index (χ0v) is 12.6.